The molecule has 4 nitrogen and oxygen atoms in total. The van der Waals surface area contributed by atoms with Crippen molar-refractivity contribution in [1.82, 2.24) is 15.2 Å². The van der Waals surface area contributed by atoms with Crippen molar-refractivity contribution < 1.29 is 4.79 Å². The first kappa shape index (κ1) is 17.3. The Bertz CT molecular complexity index is 838. The van der Waals surface area contributed by atoms with Crippen LogP contribution in [0, 0.1) is 0 Å². The maximum Gasteiger partial charge on any atom is 0.209 e. The van der Waals surface area contributed by atoms with Gasteiger partial charge in [-0.25, -0.2) is 4.98 Å². The zero-order chi connectivity index (χ0) is 17.5. The number of hydrogen-bond donors (Lipinski definition) is 0. The summed E-state index contributed by atoms with van der Waals surface area (Å²) in [5.41, 5.74) is 3.62. The second kappa shape index (κ2) is 8.53. The number of ketones is 1. The molecule has 0 N–H and O–H groups in total. The van der Waals surface area contributed by atoms with Crippen LogP contribution in [0.3, 0.4) is 0 Å². The standard InChI is InChI=1S/C20H19N3OS/c1-15(24)9-8-14-25-20-21-18(16-10-4-2-5-11-16)19(22-23-20)17-12-6-3-7-13-17/h2-7,10-13H,8-9,14H2,1H3. The van der Waals surface area contributed by atoms with E-state index in [-0.39, 0.29) is 5.78 Å². The van der Waals surface area contributed by atoms with E-state index in [1.807, 2.05) is 60.7 Å². The van der Waals surface area contributed by atoms with Crippen molar-refractivity contribution in [1.29, 1.82) is 0 Å². The molecule has 0 bridgehead atoms. The third kappa shape index (κ3) is 4.73. The molecule has 5 heteroatoms. The number of Topliss-reactive ketones (excluding diaryl/α,β-unsaturated/α-hetero) is 1. The molecule has 126 valence electrons. The van der Waals surface area contributed by atoms with Gasteiger partial charge < -0.3 is 4.79 Å². The van der Waals surface area contributed by atoms with Crippen LogP contribution in [-0.4, -0.2) is 26.7 Å². The summed E-state index contributed by atoms with van der Waals surface area (Å²) in [4.78, 5) is 15.8. The van der Waals surface area contributed by atoms with Crippen LogP contribution in [-0.2, 0) is 4.79 Å². The molecule has 3 rings (SSSR count). The highest BCUT2D eigenvalue weighted by Gasteiger charge is 2.13. The van der Waals surface area contributed by atoms with Crippen molar-refractivity contribution in [3.8, 4) is 22.5 Å². The van der Waals surface area contributed by atoms with Gasteiger partial charge in [0.25, 0.3) is 0 Å². The summed E-state index contributed by atoms with van der Waals surface area (Å²) in [6.45, 7) is 1.62. The van der Waals surface area contributed by atoms with Crippen LogP contribution in [0.5, 0.6) is 0 Å². The van der Waals surface area contributed by atoms with Crippen molar-refractivity contribution in [2.45, 2.75) is 24.9 Å². The predicted molar refractivity (Wildman–Crippen MR) is 101 cm³/mol. The van der Waals surface area contributed by atoms with E-state index < -0.39 is 0 Å². The van der Waals surface area contributed by atoms with Crippen LogP contribution in [0.4, 0.5) is 0 Å². The van der Waals surface area contributed by atoms with E-state index in [9.17, 15) is 4.79 Å². The Labute approximate surface area is 151 Å². The van der Waals surface area contributed by atoms with Crippen LogP contribution in [0.25, 0.3) is 22.5 Å². The highest BCUT2D eigenvalue weighted by molar-refractivity contribution is 7.99. The molecule has 0 amide bonds. The molecule has 0 saturated carbocycles. The molecule has 3 aromatic rings. The van der Waals surface area contributed by atoms with Crippen molar-refractivity contribution >= 4 is 17.5 Å². The topological polar surface area (TPSA) is 55.7 Å². The largest absolute Gasteiger partial charge is 0.300 e. The van der Waals surface area contributed by atoms with Crippen molar-refractivity contribution in [2.24, 2.45) is 0 Å². The third-order valence-corrected chi connectivity index (χ3v) is 4.59. The highest BCUT2D eigenvalue weighted by atomic mass is 32.2. The fraction of sp³-hybridized carbons (Fsp3) is 0.200. The summed E-state index contributed by atoms with van der Waals surface area (Å²) < 4.78 is 0. The number of carbonyl (C=O) groups excluding carboxylic acids is 1. The number of thioether (sulfide) groups is 1. The number of aromatic nitrogens is 3. The van der Waals surface area contributed by atoms with E-state index in [1.54, 1.807) is 6.92 Å². The molecule has 25 heavy (non-hydrogen) atoms. The van der Waals surface area contributed by atoms with E-state index in [0.717, 1.165) is 34.7 Å². The molecule has 0 atom stereocenters. The minimum absolute atomic E-state index is 0.212. The Balaban J connectivity index is 1.90. The molecule has 0 fully saturated rings. The quantitative estimate of drug-likeness (QED) is 0.458. The lowest BCUT2D eigenvalue weighted by Gasteiger charge is -2.09. The second-order valence-electron chi connectivity index (χ2n) is 5.68. The number of carbonyl (C=O) groups is 1. The van der Waals surface area contributed by atoms with Crippen LogP contribution in [0.1, 0.15) is 19.8 Å². The maximum atomic E-state index is 11.0. The summed E-state index contributed by atoms with van der Waals surface area (Å²) in [7, 11) is 0. The fourth-order valence-electron chi connectivity index (χ4n) is 2.44. The third-order valence-electron chi connectivity index (χ3n) is 3.67. The second-order valence-corrected chi connectivity index (χ2v) is 6.74. The van der Waals surface area contributed by atoms with E-state index in [0.29, 0.717) is 11.6 Å². The molecule has 1 heterocycles. The number of nitrogens with zero attached hydrogens (tertiary/aromatic N) is 3. The van der Waals surface area contributed by atoms with E-state index in [4.69, 9.17) is 4.98 Å². The minimum atomic E-state index is 0.212. The van der Waals surface area contributed by atoms with Gasteiger partial charge in [-0.3, -0.25) is 0 Å². The van der Waals surface area contributed by atoms with Gasteiger partial charge in [-0.05, 0) is 13.3 Å². The van der Waals surface area contributed by atoms with Gasteiger partial charge >= 0.3 is 0 Å². The maximum absolute atomic E-state index is 11.0. The summed E-state index contributed by atoms with van der Waals surface area (Å²) >= 11 is 1.54. The molecule has 0 saturated heterocycles. The van der Waals surface area contributed by atoms with Gasteiger partial charge in [0.05, 0.1) is 0 Å². The van der Waals surface area contributed by atoms with Gasteiger partial charge in [0.15, 0.2) is 0 Å². The molecular weight excluding hydrogens is 330 g/mol. The van der Waals surface area contributed by atoms with Crippen LogP contribution in [0.2, 0.25) is 0 Å². The average molecular weight is 349 g/mol. The Hall–Kier alpha value is -2.53. The first-order valence-electron chi connectivity index (χ1n) is 8.22. The molecule has 0 radical (unpaired) electrons. The first-order valence-corrected chi connectivity index (χ1v) is 9.20. The SMILES string of the molecule is CC(=O)CCCSc1nnc(-c2ccccc2)c(-c2ccccc2)n1. The summed E-state index contributed by atoms with van der Waals surface area (Å²) in [5, 5.41) is 9.35. The van der Waals surface area contributed by atoms with Crippen molar-refractivity contribution in [3.05, 3.63) is 60.7 Å². The lowest BCUT2D eigenvalue weighted by atomic mass is 10.0. The summed E-state index contributed by atoms with van der Waals surface area (Å²) in [5.74, 6) is 1.02. The molecular formula is C20H19N3OS. The van der Waals surface area contributed by atoms with Crippen LogP contribution < -0.4 is 0 Å². The number of hydrogen-bond acceptors (Lipinski definition) is 5. The number of benzene rings is 2. The Morgan fingerprint density at radius 2 is 1.48 bits per heavy atom. The lowest BCUT2D eigenvalue weighted by molar-refractivity contribution is -0.117. The smallest absolute Gasteiger partial charge is 0.209 e. The number of rotatable bonds is 7. The van der Waals surface area contributed by atoms with Gasteiger partial charge in [-0.2, -0.15) is 0 Å². The van der Waals surface area contributed by atoms with Crippen LogP contribution >= 0.6 is 11.8 Å². The molecule has 1 aromatic heterocycles. The molecule has 0 aliphatic heterocycles. The first-order chi connectivity index (χ1) is 12.2. The van der Waals surface area contributed by atoms with Crippen molar-refractivity contribution in [3.63, 3.8) is 0 Å². The van der Waals surface area contributed by atoms with Gasteiger partial charge in [-0.15, -0.1) is 10.2 Å². The molecule has 0 unspecified atom stereocenters. The highest BCUT2D eigenvalue weighted by Crippen LogP contribution is 2.29. The van der Waals surface area contributed by atoms with Gasteiger partial charge in [0.1, 0.15) is 17.2 Å². The molecule has 0 aliphatic rings. The van der Waals surface area contributed by atoms with Crippen molar-refractivity contribution in [2.75, 3.05) is 5.75 Å². The minimum Gasteiger partial charge on any atom is -0.300 e. The van der Waals surface area contributed by atoms with E-state index in [1.165, 1.54) is 11.8 Å². The molecule has 0 spiro atoms. The average Bonchev–Trinajstić information content (AvgIpc) is 2.66. The van der Waals surface area contributed by atoms with Crippen LogP contribution in [0.15, 0.2) is 65.8 Å². The Morgan fingerprint density at radius 1 is 0.880 bits per heavy atom. The Morgan fingerprint density at radius 3 is 2.08 bits per heavy atom. The monoisotopic (exact) mass is 349 g/mol. The zero-order valence-electron chi connectivity index (χ0n) is 14.1. The van der Waals surface area contributed by atoms with Gasteiger partial charge in [0.2, 0.25) is 5.16 Å². The summed E-state index contributed by atoms with van der Waals surface area (Å²) in [6, 6.07) is 20.0. The molecule has 0 aliphatic carbocycles. The van der Waals surface area contributed by atoms with Gasteiger partial charge in [-0.1, -0.05) is 72.4 Å². The van der Waals surface area contributed by atoms with Gasteiger partial charge in [0, 0.05) is 23.3 Å². The normalized spacial score (nSPS) is 10.6. The zero-order valence-corrected chi connectivity index (χ0v) is 14.9. The predicted octanol–water partition coefficient (Wildman–Crippen LogP) is 4.67. The van der Waals surface area contributed by atoms with E-state index >= 15 is 0 Å². The van der Waals surface area contributed by atoms with E-state index in [2.05, 4.69) is 10.2 Å². The fourth-order valence-corrected chi connectivity index (χ4v) is 3.17. The lowest BCUT2D eigenvalue weighted by Crippen LogP contribution is -2.00. The molecule has 2 aromatic carbocycles. The Kier molecular flexibility index (Phi) is 5.90. The summed E-state index contributed by atoms with van der Waals surface area (Å²) in [6.07, 6.45) is 1.42.